The van der Waals surface area contributed by atoms with Crippen LogP contribution in [0.15, 0.2) is 36.7 Å². The van der Waals surface area contributed by atoms with Gasteiger partial charge < -0.3 is 0 Å². The molecule has 0 saturated carbocycles. The number of sulfonamides is 1. The zero-order valence-corrected chi connectivity index (χ0v) is 13.3. The first kappa shape index (κ1) is 14.1. The third-order valence-electron chi connectivity index (χ3n) is 3.04. The molecule has 0 radical (unpaired) electrons. The van der Waals surface area contributed by atoms with Crippen LogP contribution in [0, 0.1) is 0 Å². The maximum absolute atomic E-state index is 11.2. The molecule has 5 nitrogen and oxygen atoms in total. The van der Waals surface area contributed by atoms with Crippen LogP contribution in [0.3, 0.4) is 0 Å². The van der Waals surface area contributed by atoms with Gasteiger partial charge in [-0.2, -0.15) is 0 Å². The van der Waals surface area contributed by atoms with E-state index in [1.807, 2.05) is 22.7 Å². The molecule has 2 aromatic heterocycles. The highest BCUT2D eigenvalue weighted by atomic mass is 32.2. The van der Waals surface area contributed by atoms with Crippen LogP contribution >= 0.6 is 11.3 Å². The first-order valence-electron chi connectivity index (χ1n) is 6.50. The fraction of sp³-hybridized carbons (Fsp3) is 0.214. The van der Waals surface area contributed by atoms with E-state index in [0.29, 0.717) is 5.69 Å². The molecule has 0 bridgehead atoms. The van der Waals surface area contributed by atoms with Crippen LogP contribution in [0.5, 0.6) is 0 Å². The summed E-state index contributed by atoms with van der Waals surface area (Å²) in [7, 11) is -3.24. The van der Waals surface area contributed by atoms with Gasteiger partial charge in [0.1, 0.15) is 0 Å². The minimum absolute atomic E-state index is 0.551. The van der Waals surface area contributed by atoms with Gasteiger partial charge in [-0.25, -0.2) is 13.4 Å². The Balaban J connectivity index is 1.89. The topological polar surface area (TPSA) is 63.5 Å². The summed E-state index contributed by atoms with van der Waals surface area (Å²) >= 11 is 1.68. The SMILES string of the molecule is CCc1cn2cc(-c3ccc(NS(C)(=O)=O)cc3)nc2s1. The predicted molar refractivity (Wildman–Crippen MR) is 86.3 cm³/mol. The molecule has 0 spiro atoms. The van der Waals surface area contributed by atoms with E-state index < -0.39 is 10.0 Å². The average Bonchev–Trinajstić information content (AvgIpc) is 2.95. The Morgan fingerprint density at radius 1 is 1.24 bits per heavy atom. The summed E-state index contributed by atoms with van der Waals surface area (Å²) in [5.74, 6) is 0. The highest BCUT2D eigenvalue weighted by Gasteiger charge is 2.08. The van der Waals surface area contributed by atoms with E-state index in [1.54, 1.807) is 23.5 Å². The Bertz CT molecular complexity index is 845. The molecule has 0 fully saturated rings. The lowest BCUT2D eigenvalue weighted by Crippen LogP contribution is -2.09. The van der Waals surface area contributed by atoms with Crippen LogP contribution in [-0.4, -0.2) is 24.1 Å². The Hall–Kier alpha value is -1.86. The van der Waals surface area contributed by atoms with Gasteiger partial charge in [0.25, 0.3) is 0 Å². The zero-order chi connectivity index (χ0) is 15.0. The van der Waals surface area contributed by atoms with Gasteiger partial charge in [0, 0.05) is 28.5 Å². The summed E-state index contributed by atoms with van der Waals surface area (Å²) in [5.41, 5.74) is 2.40. The quantitative estimate of drug-likeness (QED) is 0.803. The molecule has 3 aromatic rings. The molecule has 0 unspecified atom stereocenters. The smallest absolute Gasteiger partial charge is 0.229 e. The Kier molecular flexibility index (Phi) is 3.46. The van der Waals surface area contributed by atoms with Gasteiger partial charge in [0.05, 0.1) is 11.9 Å². The van der Waals surface area contributed by atoms with E-state index in [4.69, 9.17) is 0 Å². The normalized spacial score (nSPS) is 11.9. The summed E-state index contributed by atoms with van der Waals surface area (Å²) in [6.07, 6.45) is 6.23. The largest absolute Gasteiger partial charge is 0.297 e. The van der Waals surface area contributed by atoms with Crippen LogP contribution in [0.25, 0.3) is 16.2 Å². The second-order valence-electron chi connectivity index (χ2n) is 4.82. The molecule has 0 amide bonds. The van der Waals surface area contributed by atoms with Crippen molar-refractivity contribution in [3.63, 3.8) is 0 Å². The molecule has 0 aliphatic heterocycles. The third kappa shape index (κ3) is 3.08. The molecule has 0 aliphatic carbocycles. The fourth-order valence-corrected chi connectivity index (χ4v) is 3.53. The Labute approximate surface area is 127 Å². The molecule has 1 aromatic carbocycles. The Morgan fingerprint density at radius 3 is 2.52 bits per heavy atom. The summed E-state index contributed by atoms with van der Waals surface area (Å²) in [6.45, 7) is 2.12. The standard InChI is InChI=1S/C14H15N3O2S2/c1-3-12-8-17-9-13(15-14(17)20-12)10-4-6-11(7-5-10)16-21(2,18)19/h4-9,16H,3H2,1-2H3. The lowest BCUT2D eigenvalue weighted by molar-refractivity contribution is 0.607. The van der Waals surface area contributed by atoms with Gasteiger partial charge in [0.2, 0.25) is 10.0 Å². The minimum atomic E-state index is -3.24. The van der Waals surface area contributed by atoms with Crippen LogP contribution in [0.4, 0.5) is 5.69 Å². The molecule has 21 heavy (non-hydrogen) atoms. The molecule has 7 heteroatoms. The molecule has 110 valence electrons. The molecule has 0 aliphatic rings. The second kappa shape index (κ2) is 5.16. The van der Waals surface area contributed by atoms with Gasteiger partial charge >= 0.3 is 0 Å². The number of imidazole rings is 1. The van der Waals surface area contributed by atoms with Crippen LogP contribution in [0.1, 0.15) is 11.8 Å². The number of rotatable bonds is 4. The van der Waals surface area contributed by atoms with Crippen LogP contribution in [-0.2, 0) is 16.4 Å². The number of fused-ring (bicyclic) bond motifs is 1. The number of hydrogen-bond acceptors (Lipinski definition) is 4. The molecule has 0 saturated heterocycles. The van der Waals surface area contributed by atoms with Crippen LogP contribution in [0.2, 0.25) is 0 Å². The summed E-state index contributed by atoms with van der Waals surface area (Å²) in [6, 6.07) is 7.20. The first-order chi connectivity index (χ1) is 9.94. The van der Waals surface area contributed by atoms with E-state index in [0.717, 1.165) is 28.9 Å². The molecule has 3 rings (SSSR count). The Morgan fingerprint density at radius 2 is 1.95 bits per heavy atom. The van der Waals surface area contributed by atoms with E-state index >= 15 is 0 Å². The number of hydrogen-bond donors (Lipinski definition) is 1. The van der Waals surface area contributed by atoms with Crippen molar-refractivity contribution in [3.8, 4) is 11.3 Å². The summed E-state index contributed by atoms with van der Waals surface area (Å²) in [4.78, 5) is 6.87. The minimum Gasteiger partial charge on any atom is -0.297 e. The van der Waals surface area contributed by atoms with Gasteiger partial charge in [-0.1, -0.05) is 19.1 Å². The molecule has 1 N–H and O–H groups in total. The van der Waals surface area contributed by atoms with E-state index in [-0.39, 0.29) is 0 Å². The van der Waals surface area contributed by atoms with E-state index in [1.165, 1.54) is 4.88 Å². The number of thiazole rings is 1. The van der Waals surface area contributed by atoms with Gasteiger partial charge in [-0.3, -0.25) is 9.12 Å². The van der Waals surface area contributed by atoms with Crippen molar-refractivity contribution >= 4 is 32.0 Å². The second-order valence-corrected chi connectivity index (χ2v) is 7.66. The number of aromatic nitrogens is 2. The highest BCUT2D eigenvalue weighted by Crippen LogP contribution is 2.25. The van der Waals surface area contributed by atoms with Gasteiger partial charge in [0.15, 0.2) is 4.96 Å². The van der Waals surface area contributed by atoms with Crippen LogP contribution < -0.4 is 4.72 Å². The zero-order valence-electron chi connectivity index (χ0n) is 11.7. The first-order valence-corrected chi connectivity index (χ1v) is 9.21. The summed E-state index contributed by atoms with van der Waals surface area (Å²) in [5, 5.41) is 0. The van der Waals surface area contributed by atoms with E-state index in [9.17, 15) is 8.42 Å². The van der Waals surface area contributed by atoms with Crippen molar-refractivity contribution < 1.29 is 8.42 Å². The monoisotopic (exact) mass is 321 g/mol. The number of aryl methyl sites for hydroxylation is 1. The third-order valence-corrected chi connectivity index (χ3v) is 4.78. The van der Waals surface area contributed by atoms with E-state index in [2.05, 4.69) is 22.8 Å². The van der Waals surface area contributed by atoms with Gasteiger partial charge in [-0.15, -0.1) is 11.3 Å². The number of nitrogens with one attached hydrogen (secondary N) is 1. The van der Waals surface area contributed by atoms with Crippen molar-refractivity contribution in [2.45, 2.75) is 13.3 Å². The van der Waals surface area contributed by atoms with Crippen molar-refractivity contribution in [1.82, 2.24) is 9.38 Å². The fourth-order valence-electron chi connectivity index (χ4n) is 2.07. The van der Waals surface area contributed by atoms with Crippen molar-refractivity contribution in [2.75, 3.05) is 11.0 Å². The van der Waals surface area contributed by atoms with Crippen molar-refractivity contribution in [1.29, 1.82) is 0 Å². The maximum Gasteiger partial charge on any atom is 0.229 e. The molecular formula is C14H15N3O2S2. The lowest BCUT2D eigenvalue weighted by atomic mass is 10.1. The molecule has 0 atom stereocenters. The number of anilines is 1. The van der Waals surface area contributed by atoms with Gasteiger partial charge in [-0.05, 0) is 18.6 Å². The predicted octanol–water partition coefficient (Wildman–Crippen LogP) is 3.00. The van der Waals surface area contributed by atoms with Crippen molar-refractivity contribution in [2.24, 2.45) is 0 Å². The lowest BCUT2D eigenvalue weighted by Gasteiger charge is -2.04. The number of benzene rings is 1. The van der Waals surface area contributed by atoms with Crippen molar-refractivity contribution in [3.05, 3.63) is 41.5 Å². The average molecular weight is 321 g/mol. The maximum atomic E-state index is 11.2. The molecule has 2 heterocycles. The summed E-state index contributed by atoms with van der Waals surface area (Å²) < 4.78 is 26.8. The molecular weight excluding hydrogens is 306 g/mol. The number of nitrogens with zero attached hydrogens (tertiary/aromatic N) is 2. The highest BCUT2D eigenvalue weighted by molar-refractivity contribution is 7.92.